The fraction of sp³-hybridized carbons (Fsp3) is 0. The zero-order valence-electron chi connectivity index (χ0n) is 34.4. The van der Waals surface area contributed by atoms with Gasteiger partial charge in [0, 0.05) is 33.2 Å². The van der Waals surface area contributed by atoms with Crippen molar-refractivity contribution in [3.8, 4) is 74.0 Å². The van der Waals surface area contributed by atoms with Crippen molar-refractivity contribution < 1.29 is 9.47 Å². The topological polar surface area (TPSA) is 62.1 Å². The van der Waals surface area contributed by atoms with Gasteiger partial charge in [-0.1, -0.05) is 158 Å². The SMILES string of the molecule is c1ccc(-c2nc(-c3ccccc3)nc(-c3ccc4c(c3)[Si]3(c5ccccc5Oc5ccc(-c6cccc(-n7c8ccccc8c8ccccc87)c6)cc53)c3ccccc3O4)n2)cc1. The molecule has 0 N–H and O–H groups in total. The molecule has 2 aliphatic rings. The number of para-hydroxylation sites is 4. The molecule has 1 spiro atoms. The summed E-state index contributed by atoms with van der Waals surface area (Å²) in [7, 11) is -3.20. The molecule has 4 heterocycles. The van der Waals surface area contributed by atoms with E-state index in [0.717, 1.165) is 66.9 Å². The number of nitrogens with zero attached hydrogens (tertiary/aromatic N) is 4. The van der Waals surface area contributed by atoms with Gasteiger partial charge in [-0.25, -0.2) is 15.0 Å². The Bertz CT molecular complexity index is 3490. The summed E-state index contributed by atoms with van der Waals surface area (Å²) in [4.78, 5) is 15.3. The van der Waals surface area contributed by atoms with Crippen molar-refractivity contribution in [2.45, 2.75) is 0 Å². The maximum atomic E-state index is 6.91. The van der Waals surface area contributed by atoms with Gasteiger partial charge in [0.1, 0.15) is 23.0 Å². The summed E-state index contributed by atoms with van der Waals surface area (Å²) in [6.45, 7) is 0. The van der Waals surface area contributed by atoms with Gasteiger partial charge in [0.25, 0.3) is 0 Å². The van der Waals surface area contributed by atoms with Crippen LogP contribution in [0.5, 0.6) is 23.0 Å². The van der Waals surface area contributed by atoms with E-state index >= 15 is 0 Å². The van der Waals surface area contributed by atoms with Crippen LogP contribution in [-0.4, -0.2) is 27.6 Å². The average molecular weight is 837 g/mol. The lowest BCUT2D eigenvalue weighted by molar-refractivity contribution is 0.482. The van der Waals surface area contributed by atoms with Crippen molar-refractivity contribution in [3.63, 3.8) is 0 Å². The van der Waals surface area contributed by atoms with Crippen molar-refractivity contribution in [2.75, 3.05) is 0 Å². The number of benzene rings is 9. The van der Waals surface area contributed by atoms with E-state index in [1.54, 1.807) is 0 Å². The highest BCUT2D eigenvalue weighted by Crippen LogP contribution is 2.39. The normalized spacial score (nSPS) is 14.6. The van der Waals surface area contributed by atoms with E-state index in [9.17, 15) is 0 Å². The molecule has 9 aromatic carbocycles. The Morgan fingerprint density at radius 2 is 0.734 bits per heavy atom. The zero-order chi connectivity index (χ0) is 42.2. The molecule has 6 nitrogen and oxygen atoms in total. The maximum Gasteiger partial charge on any atom is 0.196 e. The Balaban J connectivity index is 1.04. The second-order valence-corrected chi connectivity index (χ2v) is 20.0. The summed E-state index contributed by atoms with van der Waals surface area (Å²) in [6, 6.07) is 76.7. The minimum Gasteiger partial charge on any atom is -0.458 e. The van der Waals surface area contributed by atoms with Crippen LogP contribution in [0.4, 0.5) is 0 Å². The van der Waals surface area contributed by atoms with E-state index in [4.69, 9.17) is 24.4 Å². The van der Waals surface area contributed by atoms with Crippen molar-refractivity contribution in [1.29, 1.82) is 0 Å². The third-order valence-corrected chi connectivity index (χ3v) is 17.6. The highest BCUT2D eigenvalue weighted by atomic mass is 28.3. The monoisotopic (exact) mass is 836 g/mol. The number of rotatable bonds is 5. The van der Waals surface area contributed by atoms with Crippen LogP contribution in [0.15, 0.2) is 218 Å². The van der Waals surface area contributed by atoms with Crippen LogP contribution in [0.3, 0.4) is 0 Å². The molecule has 0 fully saturated rings. The summed E-state index contributed by atoms with van der Waals surface area (Å²) in [5.41, 5.74) is 8.41. The van der Waals surface area contributed by atoms with Gasteiger partial charge >= 0.3 is 0 Å². The van der Waals surface area contributed by atoms with Gasteiger partial charge in [-0.2, -0.15) is 0 Å². The molecule has 0 amide bonds. The molecule has 0 saturated carbocycles. The fourth-order valence-corrected chi connectivity index (χ4v) is 15.1. The number of ether oxygens (including phenoxy) is 2. The standard InChI is InChI=1S/C57H36N4O2Si/c1-3-16-37(17-4-1)55-58-56(38-18-5-2-6-19-38)60-57(59-55)41-31-33-50-54(36-41)64(52-29-14-12-27-48(52)63-50)51-28-13-11-26-47(51)62-49-32-30-40(35-53(49)64)39-20-15-21-42(34-39)61-45-24-9-7-22-43(45)44-23-8-10-25-46(44)61/h1-36H. The van der Waals surface area contributed by atoms with Gasteiger partial charge in [0.15, 0.2) is 25.5 Å². The van der Waals surface area contributed by atoms with Crippen molar-refractivity contribution in [3.05, 3.63) is 218 Å². The van der Waals surface area contributed by atoms with Crippen LogP contribution < -0.4 is 30.2 Å². The molecule has 7 heteroatoms. The maximum absolute atomic E-state index is 6.91. The Hall–Kier alpha value is -8.39. The lowest BCUT2D eigenvalue weighted by Crippen LogP contribution is -2.77. The largest absolute Gasteiger partial charge is 0.458 e. The molecule has 0 radical (unpaired) electrons. The summed E-state index contributed by atoms with van der Waals surface area (Å²) in [5, 5.41) is 7.08. The Morgan fingerprint density at radius 3 is 1.31 bits per heavy atom. The van der Waals surface area contributed by atoms with Gasteiger partial charge < -0.3 is 14.0 Å². The van der Waals surface area contributed by atoms with Crippen molar-refractivity contribution in [1.82, 2.24) is 19.5 Å². The molecule has 1 unspecified atom stereocenters. The lowest BCUT2D eigenvalue weighted by Gasteiger charge is -2.43. The highest BCUT2D eigenvalue weighted by molar-refractivity contribution is 7.21. The molecule has 0 saturated heterocycles. The van der Waals surface area contributed by atoms with Crippen LogP contribution >= 0.6 is 0 Å². The minimum atomic E-state index is -3.20. The zero-order valence-corrected chi connectivity index (χ0v) is 35.4. The van der Waals surface area contributed by atoms with E-state index in [-0.39, 0.29) is 0 Å². The fourth-order valence-electron chi connectivity index (χ4n) is 9.94. The minimum absolute atomic E-state index is 0.592. The van der Waals surface area contributed by atoms with Crippen molar-refractivity contribution in [2.24, 2.45) is 0 Å². The molecular weight excluding hydrogens is 801 g/mol. The lowest BCUT2D eigenvalue weighted by atomic mass is 10.0. The molecule has 64 heavy (non-hydrogen) atoms. The van der Waals surface area contributed by atoms with Gasteiger partial charge in [-0.05, 0) is 92.5 Å². The van der Waals surface area contributed by atoms with Crippen LogP contribution in [0.2, 0.25) is 0 Å². The average Bonchev–Trinajstić information content (AvgIpc) is 3.71. The van der Waals surface area contributed by atoms with E-state index in [0.29, 0.717) is 17.5 Å². The first-order valence-corrected chi connectivity index (χ1v) is 23.5. The van der Waals surface area contributed by atoms with Crippen molar-refractivity contribution >= 4 is 50.6 Å². The first kappa shape index (κ1) is 36.3. The van der Waals surface area contributed by atoms with E-state index in [2.05, 4.69) is 162 Å². The molecule has 11 aromatic rings. The summed E-state index contributed by atoms with van der Waals surface area (Å²) in [5.74, 6) is 5.20. The third-order valence-electron chi connectivity index (χ3n) is 12.8. The van der Waals surface area contributed by atoms with E-state index in [1.165, 1.54) is 32.2 Å². The molecule has 0 aliphatic carbocycles. The molecule has 2 aromatic heterocycles. The predicted octanol–water partition coefficient (Wildman–Crippen LogP) is 11.2. The third kappa shape index (κ3) is 5.54. The molecule has 0 bridgehead atoms. The molecule has 300 valence electrons. The van der Waals surface area contributed by atoms with Crippen LogP contribution in [0.1, 0.15) is 0 Å². The van der Waals surface area contributed by atoms with Crippen LogP contribution in [0, 0.1) is 0 Å². The first-order valence-electron chi connectivity index (χ1n) is 21.5. The van der Waals surface area contributed by atoms with Crippen LogP contribution in [-0.2, 0) is 0 Å². The first-order chi connectivity index (χ1) is 31.7. The highest BCUT2D eigenvalue weighted by Gasteiger charge is 2.53. The molecule has 1 atom stereocenters. The second-order valence-electron chi connectivity index (χ2n) is 16.3. The Kier molecular flexibility index (Phi) is 8.13. The number of fused-ring (bicyclic) bond motifs is 11. The van der Waals surface area contributed by atoms with Crippen LogP contribution in [0.25, 0.3) is 72.8 Å². The molecule has 13 rings (SSSR count). The number of hydrogen-bond acceptors (Lipinski definition) is 5. The predicted molar refractivity (Wildman–Crippen MR) is 260 cm³/mol. The molecular formula is C57H36N4O2Si. The van der Waals surface area contributed by atoms with Gasteiger partial charge in [-0.3, -0.25) is 0 Å². The smallest absolute Gasteiger partial charge is 0.196 e. The number of aromatic nitrogens is 4. The van der Waals surface area contributed by atoms with Gasteiger partial charge in [-0.15, -0.1) is 0 Å². The van der Waals surface area contributed by atoms with Gasteiger partial charge in [0.2, 0.25) is 0 Å². The number of hydrogen-bond donors (Lipinski definition) is 0. The summed E-state index contributed by atoms with van der Waals surface area (Å²) in [6.07, 6.45) is 0. The quantitative estimate of drug-likeness (QED) is 0.162. The summed E-state index contributed by atoms with van der Waals surface area (Å²) < 4.78 is 16.2. The van der Waals surface area contributed by atoms with E-state index in [1.807, 2.05) is 60.7 Å². The Labute approximate surface area is 370 Å². The Morgan fingerprint density at radius 1 is 0.312 bits per heavy atom. The van der Waals surface area contributed by atoms with E-state index < -0.39 is 8.07 Å². The second kappa shape index (κ2) is 14.3. The van der Waals surface area contributed by atoms with Gasteiger partial charge in [0.05, 0.1) is 11.0 Å². The molecule has 2 aliphatic heterocycles. The summed E-state index contributed by atoms with van der Waals surface area (Å²) >= 11 is 0.